The summed E-state index contributed by atoms with van der Waals surface area (Å²) in [5.74, 6) is -2.20. The molecule has 0 aliphatic carbocycles. The summed E-state index contributed by atoms with van der Waals surface area (Å²) in [6, 6.07) is 0. The number of thioether (sulfide) groups is 2. The standard InChI is InChI=1S/C15H16F5NO4S2/c1-6(2)5-7-9(24-13(22)26-3)8(12(16)17)21-11(15(18,19)20)10(7)25-14(23)27-4/h6,12H,5H2,1-4H3. The fourth-order valence-corrected chi connectivity index (χ4v) is 2.36. The number of aromatic nitrogens is 1. The molecule has 1 heterocycles. The highest BCUT2D eigenvalue weighted by Gasteiger charge is 2.42. The summed E-state index contributed by atoms with van der Waals surface area (Å²) in [4.78, 5) is 26.1. The van der Waals surface area contributed by atoms with E-state index in [1.807, 2.05) is 0 Å². The Balaban J connectivity index is 3.88. The minimum absolute atomic E-state index is 0.223. The first kappa shape index (κ1) is 23.5. The molecule has 0 spiro atoms. The molecule has 0 N–H and O–H groups in total. The quantitative estimate of drug-likeness (QED) is 0.419. The van der Waals surface area contributed by atoms with Crippen molar-refractivity contribution in [1.29, 1.82) is 0 Å². The van der Waals surface area contributed by atoms with Crippen LogP contribution < -0.4 is 9.47 Å². The minimum atomic E-state index is -5.18. The third-order valence-corrected chi connectivity index (χ3v) is 3.85. The van der Waals surface area contributed by atoms with Gasteiger partial charge in [0.1, 0.15) is 0 Å². The fourth-order valence-electron chi connectivity index (χ4n) is 2.03. The Kier molecular flexibility index (Phi) is 8.33. The Labute approximate surface area is 160 Å². The summed E-state index contributed by atoms with van der Waals surface area (Å²) in [5.41, 5.74) is -3.59. The largest absolute Gasteiger partial charge is 0.437 e. The molecule has 0 fully saturated rings. The topological polar surface area (TPSA) is 65.5 Å². The molecule has 152 valence electrons. The van der Waals surface area contributed by atoms with Gasteiger partial charge in [-0.05, 0) is 48.4 Å². The van der Waals surface area contributed by atoms with Gasteiger partial charge in [0, 0.05) is 5.56 Å². The molecule has 0 aliphatic rings. The molecule has 1 aromatic rings. The molecular weight excluding hydrogens is 417 g/mol. The van der Waals surface area contributed by atoms with Gasteiger partial charge in [-0.25, -0.2) is 23.4 Å². The second-order valence-electron chi connectivity index (χ2n) is 5.49. The highest BCUT2D eigenvalue weighted by Crippen LogP contribution is 2.45. The number of carbonyl (C=O) groups excluding carboxylic acids is 2. The van der Waals surface area contributed by atoms with Crippen molar-refractivity contribution in [3.8, 4) is 11.5 Å². The highest BCUT2D eigenvalue weighted by atomic mass is 32.2. The number of nitrogens with zero attached hydrogens (tertiary/aromatic N) is 1. The maximum absolute atomic E-state index is 13.4. The molecule has 0 amide bonds. The summed E-state index contributed by atoms with van der Waals surface area (Å²) in [7, 11) is 0. The molecule has 0 unspecified atom stereocenters. The molecule has 1 aromatic heterocycles. The molecule has 0 aliphatic heterocycles. The van der Waals surface area contributed by atoms with Crippen LogP contribution in [0.2, 0.25) is 0 Å². The third-order valence-electron chi connectivity index (χ3n) is 3.02. The first-order valence-corrected chi connectivity index (χ1v) is 9.80. The summed E-state index contributed by atoms with van der Waals surface area (Å²) in [5, 5.41) is -2.12. The summed E-state index contributed by atoms with van der Waals surface area (Å²) in [6.07, 6.45) is -6.27. The van der Waals surface area contributed by atoms with Gasteiger partial charge in [-0.15, -0.1) is 0 Å². The molecular formula is C15H16F5NO4S2. The average Bonchev–Trinajstić information content (AvgIpc) is 2.55. The Hall–Kier alpha value is -1.56. The van der Waals surface area contributed by atoms with Crippen molar-refractivity contribution in [3.05, 3.63) is 17.0 Å². The highest BCUT2D eigenvalue weighted by molar-refractivity contribution is 8.12. The average molecular weight is 433 g/mol. The lowest BCUT2D eigenvalue weighted by Crippen LogP contribution is -2.19. The van der Waals surface area contributed by atoms with E-state index in [-0.39, 0.29) is 12.3 Å². The number of hydrogen-bond acceptors (Lipinski definition) is 7. The molecule has 0 radical (unpaired) electrons. The zero-order valence-corrected chi connectivity index (χ0v) is 16.3. The number of pyridine rings is 1. The van der Waals surface area contributed by atoms with Crippen molar-refractivity contribution >= 4 is 34.1 Å². The summed E-state index contributed by atoms with van der Waals surface area (Å²) in [6.45, 7) is 3.21. The monoisotopic (exact) mass is 433 g/mol. The van der Waals surface area contributed by atoms with E-state index in [0.29, 0.717) is 23.5 Å². The molecule has 1 rings (SSSR count). The van der Waals surface area contributed by atoms with Gasteiger partial charge >= 0.3 is 16.8 Å². The normalized spacial score (nSPS) is 11.8. The fraction of sp³-hybridized carbons (Fsp3) is 0.533. The van der Waals surface area contributed by atoms with Crippen molar-refractivity contribution in [2.24, 2.45) is 5.92 Å². The van der Waals surface area contributed by atoms with Crippen molar-refractivity contribution in [1.82, 2.24) is 4.98 Å². The SMILES string of the molecule is CSC(=O)Oc1c(C(F)F)nc(C(F)(F)F)c(OC(=O)SC)c1CC(C)C. The second-order valence-corrected chi connectivity index (χ2v) is 6.97. The first-order chi connectivity index (χ1) is 12.4. The second kappa shape index (κ2) is 9.58. The van der Waals surface area contributed by atoms with Crippen LogP contribution in [-0.4, -0.2) is 28.1 Å². The zero-order valence-electron chi connectivity index (χ0n) is 14.6. The summed E-state index contributed by atoms with van der Waals surface area (Å²) < 4.78 is 76.6. The molecule has 12 heteroatoms. The van der Waals surface area contributed by atoms with Gasteiger partial charge in [-0.3, -0.25) is 0 Å². The van der Waals surface area contributed by atoms with Crippen LogP contribution in [0.4, 0.5) is 31.5 Å². The minimum Gasteiger partial charge on any atom is -0.416 e. The number of hydrogen-bond donors (Lipinski definition) is 0. The van der Waals surface area contributed by atoms with Crippen LogP contribution in [0, 0.1) is 5.92 Å². The van der Waals surface area contributed by atoms with Gasteiger partial charge in [0.15, 0.2) is 22.9 Å². The van der Waals surface area contributed by atoms with Crippen LogP contribution in [0.3, 0.4) is 0 Å². The third kappa shape index (κ3) is 6.23. The Morgan fingerprint density at radius 3 is 1.89 bits per heavy atom. The van der Waals surface area contributed by atoms with Crippen LogP contribution in [-0.2, 0) is 12.6 Å². The van der Waals surface area contributed by atoms with Crippen molar-refractivity contribution < 1.29 is 41.0 Å². The van der Waals surface area contributed by atoms with E-state index in [1.54, 1.807) is 13.8 Å². The molecule has 0 saturated heterocycles. The lowest BCUT2D eigenvalue weighted by Gasteiger charge is -2.21. The van der Waals surface area contributed by atoms with Crippen LogP contribution >= 0.6 is 23.5 Å². The number of alkyl halides is 5. The predicted octanol–water partition coefficient (Wildman–Crippen LogP) is 5.96. The van der Waals surface area contributed by atoms with Crippen molar-refractivity contribution in [2.75, 3.05) is 12.5 Å². The van der Waals surface area contributed by atoms with E-state index >= 15 is 0 Å². The van der Waals surface area contributed by atoms with E-state index in [9.17, 15) is 31.5 Å². The van der Waals surface area contributed by atoms with Crippen LogP contribution in [0.5, 0.6) is 11.5 Å². The van der Waals surface area contributed by atoms with Crippen LogP contribution in [0.25, 0.3) is 0 Å². The van der Waals surface area contributed by atoms with Gasteiger partial charge in [0.2, 0.25) is 0 Å². The van der Waals surface area contributed by atoms with Gasteiger partial charge in [0.25, 0.3) is 6.43 Å². The number of ether oxygens (including phenoxy) is 2. The Morgan fingerprint density at radius 2 is 1.52 bits per heavy atom. The number of halogens is 5. The van der Waals surface area contributed by atoms with Crippen molar-refractivity contribution in [3.63, 3.8) is 0 Å². The van der Waals surface area contributed by atoms with Gasteiger partial charge in [-0.1, -0.05) is 13.8 Å². The predicted molar refractivity (Wildman–Crippen MR) is 91.8 cm³/mol. The molecule has 5 nitrogen and oxygen atoms in total. The summed E-state index contributed by atoms with van der Waals surface area (Å²) >= 11 is 1.02. The molecule has 0 aromatic carbocycles. The lowest BCUT2D eigenvalue weighted by atomic mass is 9.99. The van der Waals surface area contributed by atoms with Gasteiger partial charge in [-0.2, -0.15) is 13.2 Å². The maximum atomic E-state index is 13.4. The molecule has 0 saturated carbocycles. The number of carbonyl (C=O) groups is 2. The van der Waals surface area contributed by atoms with Crippen molar-refractivity contribution in [2.45, 2.75) is 32.9 Å². The van der Waals surface area contributed by atoms with Crippen LogP contribution in [0.15, 0.2) is 0 Å². The zero-order chi connectivity index (χ0) is 20.9. The lowest BCUT2D eigenvalue weighted by molar-refractivity contribution is -0.142. The van der Waals surface area contributed by atoms with E-state index in [2.05, 4.69) is 4.98 Å². The van der Waals surface area contributed by atoms with E-state index in [0.717, 1.165) is 0 Å². The molecule has 0 bridgehead atoms. The van der Waals surface area contributed by atoms with E-state index in [4.69, 9.17) is 9.47 Å². The Morgan fingerprint density at radius 1 is 1.04 bits per heavy atom. The van der Waals surface area contributed by atoms with Gasteiger partial charge < -0.3 is 9.47 Å². The first-order valence-electron chi connectivity index (χ1n) is 7.36. The van der Waals surface area contributed by atoms with Crippen LogP contribution in [0.1, 0.15) is 37.2 Å². The molecule has 27 heavy (non-hydrogen) atoms. The van der Waals surface area contributed by atoms with E-state index in [1.165, 1.54) is 12.5 Å². The van der Waals surface area contributed by atoms with E-state index < -0.39 is 51.7 Å². The molecule has 0 atom stereocenters. The maximum Gasteiger partial charge on any atom is 0.437 e. The smallest absolute Gasteiger partial charge is 0.416 e. The number of rotatable bonds is 5. The van der Waals surface area contributed by atoms with Gasteiger partial charge in [0.05, 0.1) is 0 Å². The Bertz CT molecular complexity index is 710.